The lowest BCUT2D eigenvalue weighted by molar-refractivity contribution is -0.135. The van der Waals surface area contributed by atoms with E-state index in [1.165, 1.54) is 10.6 Å². The Kier molecular flexibility index (Phi) is 5.24. The van der Waals surface area contributed by atoms with Gasteiger partial charge in [-0.2, -0.15) is 4.31 Å². The molecule has 0 aromatic heterocycles. The van der Waals surface area contributed by atoms with Crippen LogP contribution in [0.5, 0.6) is 0 Å². The maximum atomic E-state index is 12.7. The van der Waals surface area contributed by atoms with Crippen molar-refractivity contribution in [2.24, 2.45) is 0 Å². The maximum absolute atomic E-state index is 12.7. The van der Waals surface area contributed by atoms with Gasteiger partial charge in [-0.1, -0.05) is 30.7 Å². The predicted molar refractivity (Wildman–Crippen MR) is 86.8 cm³/mol. The zero-order valence-electron chi connectivity index (χ0n) is 13.4. The number of carbonyl (C=O) groups excluding carboxylic acids is 1. The van der Waals surface area contributed by atoms with E-state index in [-0.39, 0.29) is 5.91 Å². The maximum Gasteiger partial charge on any atom is 0.241 e. The van der Waals surface area contributed by atoms with Crippen molar-refractivity contribution in [2.45, 2.75) is 38.8 Å². The summed E-state index contributed by atoms with van der Waals surface area (Å²) in [7, 11) is -1.61. The fraction of sp³-hybridized carbons (Fsp3) is 0.562. The van der Waals surface area contributed by atoms with E-state index in [9.17, 15) is 13.2 Å². The van der Waals surface area contributed by atoms with Gasteiger partial charge in [-0.15, -0.1) is 0 Å². The SMILES string of the molecule is Cc1ccccc1CN(C)C(=O)C1CCCCN1S(C)(=O)=O. The highest BCUT2D eigenvalue weighted by Crippen LogP contribution is 2.22. The van der Waals surface area contributed by atoms with Crippen molar-refractivity contribution in [3.63, 3.8) is 0 Å². The van der Waals surface area contributed by atoms with Crippen molar-refractivity contribution in [3.8, 4) is 0 Å². The third kappa shape index (κ3) is 3.87. The monoisotopic (exact) mass is 324 g/mol. The molecule has 0 bridgehead atoms. The van der Waals surface area contributed by atoms with E-state index in [0.29, 0.717) is 19.5 Å². The first-order chi connectivity index (χ1) is 10.3. The molecule has 1 saturated heterocycles. The number of rotatable bonds is 4. The normalized spacial score (nSPS) is 19.9. The van der Waals surface area contributed by atoms with Crippen LogP contribution in [0.2, 0.25) is 0 Å². The summed E-state index contributed by atoms with van der Waals surface area (Å²) in [6.07, 6.45) is 3.49. The molecule has 1 atom stereocenters. The molecule has 1 aliphatic heterocycles. The third-order valence-corrected chi connectivity index (χ3v) is 5.50. The number of hydrogen-bond acceptors (Lipinski definition) is 3. The Morgan fingerprint density at radius 3 is 2.64 bits per heavy atom. The Balaban J connectivity index is 2.13. The number of carbonyl (C=O) groups is 1. The highest BCUT2D eigenvalue weighted by atomic mass is 32.2. The summed E-state index contributed by atoms with van der Waals surface area (Å²) < 4.78 is 25.1. The second-order valence-corrected chi connectivity index (χ2v) is 7.94. The van der Waals surface area contributed by atoms with Crippen LogP contribution in [0.1, 0.15) is 30.4 Å². The van der Waals surface area contributed by atoms with Gasteiger partial charge in [-0.25, -0.2) is 8.42 Å². The number of hydrogen-bond donors (Lipinski definition) is 0. The predicted octanol–water partition coefficient (Wildman–Crippen LogP) is 1.77. The number of benzene rings is 1. The molecule has 1 amide bonds. The smallest absolute Gasteiger partial charge is 0.241 e. The molecule has 1 heterocycles. The molecule has 2 rings (SSSR count). The van der Waals surface area contributed by atoms with Crippen LogP contribution in [0.25, 0.3) is 0 Å². The minimum Gasteiger partial charge on any atom is -0.340 e. The van der Waals surface area contributed by atoms with Crippen LogP contribution in [-0.4, -0.2) is 49.4 Å². The van der Waals surface area contributed by atoms with Gasteiger partial charge in [0.25, 0.3) is 0 Å². The average Bonchev–Trinajstić information content (AvgIpc) is 2.48. The first kappa shape index (κ1) is 17.0. The molecule has 1 aromatic carbocycles. The first-order valence-corrected chi connectivity index (χ1v) is 9.42. The molecule has 5 nitrogen and oxygen atoms in total. The molecule has 122 valence electrons. The summed E-state index contributed by atoms with van der Waals surface area (Å²) in [5, 5.41) is 0. The fourth-order valence-corrected chi connectivity index (χ4v) is 4.04. The molecule has 1 unspecified atom stereocenters. The van der Waals surface area contributed by atoms with E-state index >= 15 is 0 Å². The Labute approximate surface area is 133 Å². The number of piperidine rings is 1. The fourth-order valence-electron chi connectivity index (χ4n) is 2.92. The number of aryl methyl sites for hydroxylation is 1. The van der Waals surface area contributed by atoms with Crippen LogP contribution in [0.15, 0.2) is 24.3 Å². The Morgan fingerprint density at radius 2 is 2.00 bits per heavy atom. The van der Waals surface area contributed by atoms with Gasteiger partial charge >= 0.3 is 0 Å². The van der Waals surface area contributed by atoms with Crippen molar-refractivity contribution in [1.82, 2.24) is 9.21 Å². The summed E-state index contributed by atoms with van der Waals surface area (Å²) in [5.41, 5.74) is 2.21. The second-order valence-electron chi connectivity index (χ2n) is 6.01. The molecule has 0 spiro atoms. The second kappa shape index (κ2) is 6.79. The minimum absolute atomic E-state index is 0.117. The van der Waals surface area contributed by atoms with Crippen LogP contribution in [0.3, 0.4) is 0 Å². The zero-order chi connectivity index (χ0) is 16.3. The van der Waals surface area contributed by atoms with Crippen molar-refractivity contribution >= 4 is 15.9 Å². The zero-order valence-corrected chi connectivity index (χ0v) is 14.3. The standard InChI is InChI=1S/C16H24N2O3S/c1-13-8-4-5-9-14(13)12-17(2)16(19)15-10-6-7-11-18(15)22(3,20)21/h4-5,8-9,15H,6-7,10-12H2,1-3H3. The molecule has 1 fully saturated rings. The van der Waals surface area contributed by atoms with Gasteiger partial charge in [-0.05, 0) is 30.9 Å². The summed E-state index contributed by atoms with van der Waals surface area (Å²) in [5.74, 6) is -0.117. The highest BCUT2D eigenvalue weighted by Gasteiger charge is 2.35. The van der Waals surface area contributed by atoms with Crippen LogP contribution in [-0.2, 0) is 21.4 Å². The minimum atomic E-state index is -3.35. The third-order valence-electron chi connectivity index (χ3n) is 4.21. The molecular weight excluding hydrogens is 300 g/mol. The van der Waals surface area contributed by atoms with Crippen molar-refractivity contribution in [1.29, 1.82) is 0 Å². The Bertz CT molecular complexity index is 643. The quantitative estimate of drug-likeness (QED) is 0.848. The van der Waals surface area contributed by atoms with Gasteiger partial charge in [0.05, 0.1) is 6.26 Å². The van der Waals surface area contributed by atoms with E-state index in [1.807, 2.05) is 31.2 Å². The lowest BCUT2D eigenvalue weighted by Gasteiger charge is -2.35. The molecule has 0 radical (unpaired) electrons. The van der Waals surface area contributed by atoms with Crippen LogP contribution < -0.4 is 0 Å². The first-order valence-electron chi connectivity index (χ1n) is 7.57. The lowest BCUT2D eigenvalue weighted by atomic mass is 10.0. The van der Waals surface area contributed by atoms with Gasteiger partial charge in [0.2, 0.25) is 15.9 Å². The lowest BCUT2D eigenvalue weighted by Crippen LogP contribution is -2.51. The van der Waals surface area contributed by atoms with Gasteiger partial charge in [0, 0.05) is 20.1 Å². The van der Waals surface area contributed by atoms with Gasteiger partial charge < -0.3 is 4.90 Å². The van der Waals surface area contributed by atoms with E-state index in [2.05, 4.69) is 0 Å². The molecule has 0 aliphatic carbocycles. The number of amides is 1. The van der Waals surface area contributed by atoms with Crippen LogP contribution >= 0.6 is 0 Å². The van der Waals surface area contributed by atoms with E-state index in [0.717, 1.165) is 24.0 Å². The summed E-state index contributed by atoms with van der Waals surface area (Å²) >= 11 is 0. The van der Waals surface area contributed by atoms with Crippen LogP contribution in [0, 0.1) is 6.92 Å². The number of nitrogens with zero attached hydrogens (tertiary/aromatic N) is 2. The van der Waals surface area contributed by atoms with Gasteiger partial charge in [0.15, 0.2) is 0 Å². The molecule has 0 saturated carbocycles. The molecule has 1 aliphatic rings. The average molecular weight is 324 g/mol. The number of sulfonamides is 1. The largest absolute Gasteiger partial charge is 0.340 e. The van der Waals surface area contributed by atoms with Crippen molar-refractivity contribution < 1.29 is 13.2 Å². The van der Waals surface area contributed by atoms with Crippen LogP contribution in [0.4, 0.5) is 0 Å². The topological polar surface area (TPSA) is 57.7 Å². The van der Waals surface area contributed by atoms with E-state index in [1.54, 1.807) is 11.9 Å². The molecule has 6 heteroatoms. The molecular formula is C16H24N2O3S. The molecule has 1 aromatic rings. The van der Waals surface area contributed by atoms with E-state index in [4.69, 9.17) is 0 Å². The highest BCUT2D eigenvalue weighted by molar-refractivity contribution is 7.88. The summed E-state index contributed by atoms with van der Waals surface area (Å²) in [6, 6.07) is 7.36. The summed E-state index contributed by atoms with van der Waals surface area (Å²) in [4.78, 5) is 14.3. The summed E-state index contributed by atoms with van der Waals surface area (Å²) in [6.45, 7) is 2.95. The molecule has 0 N–H and O–H groups in total. The van der Waals surface area contributed by atoms with Gasteiger partial charge in [0.1, 0.15) is 6.04 Å². The van der Waals surface area contributed by atoms with Crippen molar-refractivity contribution in [3.05, 3.63) is 35.4 Å². The van der Waals surface area contributed by atoms with E-state index < -0.39 is 16.1 Å². The Morgan fingerprint density at radius 1 is 1.32 bits per heavy atom. The Hall–Kier alpha value is -1.40. The molecule has 22 heavy (non-hydrogen) atoms. The number of likely N-dealkylation sites (N-methyl/N-ethyl adjacent to an activating group) is 1. The van der Waals surface area contributed by atoms with Gasteiger partial charge in [-0.3, -0.25) is 4.79 Å². The van der Waals surface area contributed by atoms with Crippen molar-refractivity contribution in [2.75, 3.05) is 19.8 Å².